The average molecular weight is 534 g/mol. The van der Waals surface area contributed by atoms with Crippen molar-refractivity contribution in [2.75, 3.05) is 20.0 Å². The first kappa shape index (κ1) is 24.9. The Morgan fingerprint density at radius 2 is 1.86 bits per heavy atom. The van der Waals surface area contributed by atoms with Crippen LogP contribution in [-0.2, 0) is 4.79 Å². The fourth-order valence-electron chi connectivity index (χ4n) is 4.12. The summed E-state index contributed by atoms with van der Waals surface area (Å²) in [4.78, 5) is 17.9. The van der Waals surface area contributed by atoms with Crippen molar-refractivity contribution in [1.82, 2.24) is 20.2 Å². The van der Waals surface area contributed by atoms with E-state index in [0.717, 1.165) is 22.6 Å². The number of amides is 1. The standard InChI is InChI=1S/C27H24ClN5O3S/c1-35-20-11-8-18(9-12-20)23-15-22(17-6-4-3-5-7-17)32-33(23)25(34)16-37-27-29-26(30-31-27)21-14-19(28)10-13-24(21)36-2/h3-14,23H,15-16H2,1-2H3,(H,29,30,31)/t23-/m0/s1. The Labute approximate surface area is 223 Å². The molecule has 5 rings (SSSR count). The molecule has 8 nitrogen and oxygen atoms in total. The minimum atomic E-state index is -0.215. The third-order valence-corrected chi connectivity index (χ3v) is 7.05. The Hall–Kier alpha value is -3.82. The number of thioether (sulfide) groups is 1. The van der Waals surface area contributed by atoms with Crippen molar-refractivity contribution >= 4 is 35.0 Å². The van der Waals surface area contributed by atoms with Gasteiger partial charge in [0.2, 0.25) is 5.16 Å². The van der Waals surface area contributed by atoms with E-state index in [2.05, 4.69) is 15.2 Å². The molecule has 188 valence electrons. The third kappa shape index (κ3) is 5.47. The van der Waals surface area contributed by atoms with E-state index in [1.54, 1.807) is 37.4 Å². The number of halogens is 1. The molecule has 1 N–H and O–H groups in total. The number of carbonyl (C=O) groups excluding carboxylic acids is 1. The van der Waals surface area contributed by atoms with Crippen LogP contribution >= 0.6 is 23.4 Å². The second-order valence-corrected chi connectivity index (χ2v) is 9.62. The summed E-state index contributed by atoms with van der Waals surface area (Å²) in [5.74, 6) is 1.88. The number of nitrogens with zero attached hydrogens (tertiary/aromatic N) is 4. The predicted molar refractivity (Wildman–Crippen MR) is 144 cm³/mol. The van der Waals surface area contributed by atoms with Crippen LogP contribution in [0.4, 0.5) is 0 Å². The fourth-order valence-corrected chi connectivity index (χ4v) is 4.94. The van der Waals surface area contributed by atoms with E-state index >= 15 is 0 Å². The van der Waals surface area contributed by atoms with Gasteiger partial charge in [0.15, 0.2) is 5.82 Å². The first-order valence-electron chi connectivity index (χ1n) is 11.5. The lowest BCUT2D eigenvalue weighted by molar-refractivity contribution is -0.130. The van der Waals surface area contributed by atoms with E-state index in [1.165, 1.54) is 11.8 Å². The Kier molecular flexibility index (Phi) is 7.43. The van der Waals surface area contributed by atoms with Gasteiger partial charge >= 0.3 is 0 Å². The van der Waals surface area contributed by atoms with Crippen LogP contribution in [0.3, 0.4) is 0 Å². The van der Waals surface area contributed by atoms with Gasteiger partial charge in [-0.1, -0.05) is 65.8 Å². The molecule has 0 fully saturated rings. The molecule has 1 aliphatic heterocycles. The molecule has 0 saturated heterocycles. The summed E-state index contributed by atoms with van der Waals surface area (Å²) in [5, 5.41) is 14.5. The lowest BCUT2D eigenvalue weighted by Gasteiger charge is -2.22. The number of methoxy groups -OCH3 is 2. The Morgan fingerprint density at radius 3 is 2.59 bits per heavy atom. The van der Waals surface area contributed by atoms with Crippen molar-refractivity contribution < 1.29 is 14.3 Å². The predicted octanol–water partition coefficient (Wildman–Crippen LogP) is 5.61. The number of ether oxygens (including phenoxy) is 2. The summed E-state index contributed by atoms with van der Waals surface area (Å²) in [6, 6.07) is 22.7. The number of hydrogen-bond donors (Lipinski definition) is 1. The molecule has 10 heteroatoms. The second-order valence-electron chi connectivity index (χ2n) is 8.24. The van der Waals surface area contributed by atoms with Gasteiger partial charge in [-0.2, -0.15) is 5.10 Å². The topological polar surface area (TPSA) is 92.7 Å². The lowest BCUT2D eigenvalue weighted by atomic mass is 9.98. The van der Waals surface area contributed by atoms with Gasteiger partial charge in [0.1, 0.15) is 11.5 Å². The van der Waals surface area contributed by atoms with E-state index in [0.29, 0.717) is 33.7 Å². The Balaban J connectivity index is 1.34. The highest BCUT2D eigenvalue weighted by molar-refractivity contribution is 7.99. The molecule has 0 unspecified atom stereocenters. The molecular formula is C27H24ClN5O3S. The minimum absolute atomic E-state index is 0.127. The highest BCUT2D eigenvalue weighted by Crippen LogP contribution is 2.35. The molecule has 0 spiro atoms. The highest BCUT2D eigenvalue weighted by Gasteiger charge is 2.33. The molecule has 1 atom stereocenters. The number of benzene rings is 3. The number of H-pyrrole nitrogens is 1. The molecular weight excluding hydrogens is 510 g/mol. The van der Waals surface area contributed by atoms with E-state index in [4.69, 9.17) is 26.2 Å². The molecule has 0 radical (unpaired) electrons. The molecule has 4 aromatic rings. The zero-order chi connectivity index (χ0) is 25.8. The van der Waals surface area contributed by atoms with Crippen LogP contribution in [0.1, 0.15) is 23.6 Å². The van der Waals surface area contributed by atoms with Crippen LogP contribution < -0.4 is 9.47 Å². The summed E-state index contributed by atoms with van der Waals surface area (Å²) in [6.07, 6.45) is 0.617. The number of hydrogen-bond acceptors (Lipinski definition) is 7. The molecule has 1 amide bonds. The van der Waals surface area contributed by atoms with E-state index in [1.807, 2.05) is 54.6 Å². The summed E-state index contributed by atoms with van der Waals surface area (Å²) in [5.41, 5.74) is 3.55. The molecule has 2 heterocycles. The normalized spacial score (nSPS) is 14.9. The monoisotopic (exact) mass is 533 g/mol. The zero-order valence-electron chi connectivity index (χ0n) is 20.2. The molecule has 1 aromatic heterocycles. The number of aromatic nitrogens is 3. The number of rotatable bonds is 8. The van der Waals surface area contributed by atoms with Crippen molar-refractivity contribution in [2.45, 2.75) is 17.6 Å². The zero-order valence-corrected chi connectivity index (χ0v) is 21.8. The largest absolute Gasteiger partial charge is 0.497 e. The van der Waals surface area contributed by atoms with Gasteiger partial charge < -0.3 is 9.47 Å². The fraction of sp³-hybridized carbons (Fsp3) is 0.185. The van der Waals surface area contributed by atoms with Crippen LogP contribution in [0.5, 0.6) is 11.5 Å². The average Bonchev–Trinajstić information content (AvgIpc) is 3.60. The Morgan fingerprint density at radius 1 is 1.08 bits per heavy atom. The summed E-state index contributed by atoms with van der Waals surface area (Å²) in [6.45, 7) is 0. The minimum Gasteiger partial charge on any atom is -0.497 e. The van der Waals surface area contributed by atoms with Crippen LogP contribution in [-0.4, -0.2) is 51.8 Å². The highest BCUT2D eigenvalue weighted by atomic mass is 35.5. The summed E-state index contributed by atoms with van der Waals surface area (Å²) in [7, 11) is 3.21. The number of aromatic amines is 1. The van der Waals surface area contributed by atoms with E-state index in [9.17, 15) is 4.79 Å². The number of nitrogens with one attached hydrogen (secondary N) is 1. The van der Waals surface area contributed by atoms with Crippen molar-refractivity contribution in [2.24, 2.45) is 5.10 Å². The molecule has 0 aliphatic carbocycles. The van der Waals surface area contributed by atoms with Gasteiger partial charge in [0, 0.05) is 11.4 Å². The smallest absolute Gasteiger partial charge is 0.253 e. The quantitative estimate of drug-likeness (QED) is 0.296. The van der Waals surface area contributed by atoms with Gasteiger partial charge in [-0.15, -0.1) is 5.10 Å². The van der Waals surface area contributed by atoms with E-state index in [-0.39, 0.29) is 17.7 Å². The maximum absolute atomic E-state index is 13.4. The van der Waals surface area contributed by atoms with Crippen molar-refractivity contribution in [3.05, 3.63) is 88.9 Å². The summed E-state index contributed by atoms with van der Waals surface area (Å²) < 4.78 is 10.7. The molecule has 37 heavy (non-hydrogen) atoms. The van der Waals surface area contributed by atoms with Gasteiger partial charge in [-0.3, -0.25) is 9.89 Å². The maximum atomic E-state index is 13.4. The molecule has 0 bridgehead atoms. The summed E-state index contributed by atoms with van der Waals surface area (Å²) >= 11 is 7.39. The third-order valence-electron chi connectivity index (χ3n) is 5.98. The maximum Gasteiger partial charge on any atom is 0.253 e. The Bertz CT molecular complexity index is 1430. The van der Waals surface area contributed by atoms with Crippen LogP contribution in [0, 0.1) is 0 Å². The lowest BCUT2D eigenvalue weighted by Crippen LogP contribution is -2.28. The molecule has 3 aromatic carbocycles. The SMILES string of the molecule is COc1ccc([C@@H]2CC(c3ccccc3)=NN2C(=O)CSc2n[nH]c(-c3cc(Cl)ccc3OC)n2)cc1. The molecule has 1 aliphatic rings. The van der Waals surface area contributed by atoms with Crippen molar-refractivity contribution in [3.8, 4) is 22.9 Å². The van der Waals surface area contributed by atoms with Gasteiger partial charge in [-0.05, 0) is 41.5 Å². The van der Waals surface area contributed by atoms with Crippen LogP contribution in [0.2, 0.25) is 5.02 Å². The van der Waals surface area contributed by atoms with Gasteiger partial charge in [-0.25, -0.2) is 9.99 Å². The van der Waals surface area contributed by atoms with Crippen LogP contribution in [0.15, 0.2) is 83.1 Å². The first-order chi connectivity index (χ1) is 18.1. The molecule has 0 saturated carbocycles. The number of carbonyl (C=O) groups is 1. The van der Waals surface area contributed by atoms with Crippen molar-refractivity contribution in [3.63, 3.8) is 0 Å². The van der Waals surface area contributed by atoms with Crippen LogP contribution in [0.25, 0.3) is 11.4 Å². The second kappa shape index (κ2) is 11.1. The van der Waals surface area contributed by atoms with Crippen molar-refractivity contribution in [1.29, 1.82) is 0 Å². The first-order valence-corrected chi connectivity index (χ1v) is 12.9. The van der Waals surface area contributed by atoms with E-state index < -0.39 is 0 Å². The van der Waals surface area contributed by atoms with Gasteiger partial charge in [0.05, 0.1) is 37.3 Å². The number of hydrazone groups is 1. The van der Waals surface area contributed by atoms with Gasteiger partial charge in [0.25, 0.3) is 5.91 Å².